The molecule has 0 saturated carbocycles. The first-order valence-corrected chi connectivity index (χ1v) is 8.58. The van der Waals surface area contributed by atoms with E-state index >= 15 is 0 Å². The third-order valence-corrected chi connectivity index (χ3v) is 3.41. The predicted octanol–water partition coefficient (Wildman–Crippen LogP) is 4.05. The van der Waals surface area contributed by atoms with Crippen molar-refractivity contribution < 1.29 is 4.74 Å². The molecule has 128 valence electrons. The largest absolute Gasteiger partial charge is 0.378 e. The van der Waals surface area contributed by atoms with Crippen LogP contribution in [0.4, 0.5) is 5.82 Å². The summed E-state index contributed by atoms with van der Waals surface area (Å²) in [6.45, 7) is 14.5. The van der Waals surface area contributed by atoms with Gasteiger partial charge in [-0.05, 0) is 26.3 Å². The molecular weight excluding hydrogens is 288 g/mol. The van der Waals surface area contributed by atoms with Crippen molar-refractivity contribution >= 4 is 16.7 Å². The number of nitrogens with zero attached hydrogens (tertiary/aromatic N) is 4. The SMILES string of the molecule is CC.CC.COCc1nc(C)cc2nc(C)nc(N3CCC3)c12. The number of rotatable bonds is 3. The van der Waals surface area contributed by atoms with Gasteiger partial charge in [-0.15, -0.1) is 0 Å². The van der Waals surface area contributed by atoms with Gasteiger partial charge in [0.25, 0.3) is 0 Å². The van der Waals surface area contributed by atoms with Crippen LogP contribution in [-0.2, 0) is 11.3 Å². The summed E-state index contributed by atoms with van der Waals surface area (Å²) in [6, 6.07) is 2.02. The van der Waals surface area contributed by atoms with Crippen LogP contribution in [-0.4, -0.2) is 35.2 Å². The Morgan fingerprint density at radius 1 is 1.04 bits per heavy atom. The van der Waals surface area contributed by atoms with E-state index in [1.165, 1.54) is 6.42 Å². The Kier molecular flexibility index (Phi) is 7.89. The van der Waals surface area contributed by atoms with Crippen LogP contribution >= 0.6 is 0 Å². The molecule has 3 heterocycles. The number of hydrogen-bond donors (Lipinski definition) is 0. The molecule has 23 heavy (non-hydrogen) atoms. The van der Waals surface area contributed by atoms with Crippen LogP contribution < -0.4 is 4.90 Å². The van der Waals surface area contributed by atoms with Gasteiger partial charge in [-0.3, -0.25) is 4.98 Å². The molecule has 0 bridgehead atoms. The highest BCUT2D eigenvalue weighted by Gasteiger charge is 2.22. The smallest absolute Gasteiger partial charge is 0.142 e. The molecule has 1 saturated heterocycles. The lowest BCUT2D eigenvalue weighted by Gasteiger charge is -2.33. The van der Waals surface area contributed by atoms with Crippen LogP contribution in [0.3, 0.4) is 0 Å². The van der Waals surface area contributed by atoms with Crippen molar-refractivity contribution in [2.45, 2.75) is 54.6 Å². The van der Waals surface area contributed by atoms with E-state index in [1.807, 2.05) is 47.6 Å². The molecule has 0 aromatic carbocycles. The van der Waals surface area contributed by atoms with Gasteiger partial charge in [0.2, 0.25) is 0 Å². The van der Waals surface area contributed by atoms with Crippen LogP contribution in [0.5, 0.6) is 0 Å². The van der Waals surface area contributed by atoms with Crippen molar-refractivity contribution in [2.24, 2.45) is 0 Å². The van der Waals surface area contributed by atoms with Crippen molar-refractivity contribution in [3.05, 3.63) is 23.3 Å². The van der Waals surface area contributed by atoms with Gasteiger partial charge in [0.1, 0.15) is 11.6 Å². The molecule has 0 aliphatic carbocycles. The number of aryl methyl sites for hydroxylation is 2. The summed E-state index contributed by atoms with van der Waals surface area (Å²) < 4.78 is 5.27. The molecule has 2 aromatic rings. The fraction of sp³-hybridized carbons (Fsp3) is 0.611. The van der Waals surface area contributed by atoms with Gasteiger partial charge in [0.05, 0.1) is 23.2 Å². The molecule has 0 amide bonds. The van der Waals surface area contributed by atoms with Crippen LogP contribution in [0.25, 0.3) is 10.9 Å². The van der Waals surface area contributed by atoms with Crippen LogP contribution in [0.1, 0.15) is 51.3 Å². The van der Waals surface area contributed by atoms with Gasteiger partial charge in [-0.2, -0.15) is 0 Å². The third kappa shape index (κ3) is 4.38. The molecule has 0 unspecified atom stereocenters. The molecule has 1 fully saturated rings. The number of pyridine rings is 1. The minimum atomic E-state index is 0.492. The van der Waals surface area contributed by atoms with Crippen LogP contribution in [0.2, 0.25) is 0 Å². The average Bonchev–Trinajstić information content (AvgIpc) is 2.49. The fourth-order valence-electron chi connectivity index (χ4n) is 2.46. The highest BCUT2D eigenvalue weighted by atomic mass is 16.5. The second-order valence-electron chi connectivity index (χ2n) is 4.97. The maximum atomic E-state index is 5.27. The summed E-state index contributed by atoms with van der Waals surface area (Å²) >= 11 is 0. The van der Waals surface area contributed by atoms with Crippen molar-refractivity contribution in [3.8, 4) is 0 Å². The summed E-state index contributed by atoms with van der Waals surface area (Å²) in [6.07, 6.45) is 1.23. The van der Waals surface area contributed by atoms with E-state index < -0.39 is 0 Å². The van der Waals surface area contributed by atoms with Gasteiger partial charge in [-0.25, -0.2) is 9.97 Å². The molecule has 0 atom stereocenters. The van der Waals surface area contributed by atoms with Gasteiger partial charge in [0, 0.05) is 25.9 Å². The molecule has 1 aliphatic heterocycles. The number of hydrogen-bond acceptors (Lipinski definition) is 5. The Labute approximate surface area is 140 Å². The Morgan fingerprint density at radius 3 is 2.22 bits per heavy atom. The molecule has 5 nitrogen and oxygen atoms in total. The molecule has 3 rings (SSSR count). The Bertz CT molecular complexity index is 619. The molecule has 2 aromatic heterocycles. The normalized spacial score (nSPS) is 12.7. The molecule has 5 heteroatoms. The summed E-state index contributed by atoms with van der Waals surface area (Å²) in [5.41, 5.74) is 2.86. The Morgan fingerprint density at radius 2 is 1.70 bits per heavy atom. The Balaban J connectivity index is 0.000000615. The highest BCUT2D eigenvalue weighted by molar-refractivity contribution is 5.92. The lowest BCUT2D eigenvalue weighted by atomic mass is 10.1. The van der Waals surface area contributed by atoms with Crippen LogP contribution in [0.15, 0.2) is 6.07 Å². The molecule has 1 aliphatic rings. The standard InChI is InChI=1S/C14H18N4O.2C2H6/c1-9-7-11-13(12(15-9)8-19-3)14(17-10(2)16-11)18-5-4-6-18;2*1-2/h7H,4-6,8H2,1-3H3;2*1-2H3. The van der Waals surface area contributed by atoms with E-state index in [4.69, 9.17) is 4.74 Å². The van der Waals surface area contributed by atoms with Crippen molar-refractivity contribution in [2.75, 3.05) is 25.1 Å². The lowest BCUT2D eigenvalue weighted by Crippen LogP contribution is -2.38. The van der Waals surface area contributed by atoms with E-state index in [1.54, 1.807) is 7.11 Å². The first kappa shape index (κ1) is 19.3. The Hall–Kier alpha value is -1.75. The average molecular weight is 318 g/mol. The first-order valence-electron chi connectivity index (χ1n) is 8.58. The zero-order chi connectivity index (χ0) is 17.4. The zero-order valence-corrected chi connectivity index (χ0v) is 15.6. The summed E-state index contributed by atoms with van der Waals surface area (Å²) in [5, 5.41) is 1.04. The maximum Gasteiger partial charge on any atom is 0.142 e. The van der Waals surface area contributed by atoms with Crippen molar-refractivity contribution in [3.63, 3.8) is 0 Å². The molecule has 0 N–H and O–H groups in total. The van der Waals surface area contributed by atoms with E-state index in [0.717, 1.165) is 47.0 Å². The molecular formula is C18H30N4O. The first-order chi connectivity index (χ1) is 11.2. The fourth-order valence-corrected chi connectivity index (χ4v) is 2.46. The number of fused-ring (bicyclic) bond motifs is 1. The van der Waals surface area contributed by atoms with Gasteiger partial charge >= 0.3 is 0 Å². The van der Waals surface area contributed by atoms with Gasteiger partial charge < -0.3 is 9.64 Å². The zero-order valence-electron chi connectivity index (χ0n) is 15.6. The van der Waals surface area contributed by atoms with E-state index in [9.17, 15) is 0 Å². The van der Waals surface area contributed by atoms with E-state index in [2.05, 4.69) is 19.9 Å². The minimum absolute atomic E-state index is 0.492. The van der Waals surface area contributed by atoms with E-state index in [0.29, 0.717) is 6.61 Å². The van der Waals surface area contributed by atoms with Gasteiger partial charge in [-0.1, -0.05) is 27.7 Å². The monoisotopic (exact) mass is 318 g/mol. The lowest BCUT2D eigenvalue weighted by molar-refractivity contribution is 0.182. The van der Waals surface area contributed by atoms with Crippen LogP contribution in [0, 0.1) is 13.8 Å². The molecule has 0 spiro atoms. The van der Waals surface area contributed by atoms with Crippen molar-refractivity contribution in [1.82, 2.24) is 15.0 Å². The number of aromatic nitrogens is 3. The highest BCUT2D eigenvalue weighted by Crippen LogP contribution is 2.30. The topological polar surface area (TPSA) is 51.1 Å². The predicted molar refractivity (Wildman–Crippen MR) is 97.0 cm³/mol. The molecule has 0 radical (unpaired) electrons. The second-order valence-corrected chi connectivity index (χ2v) is 4.97. The van der Waals surface area contributed by atoms with E-state index in [-0.39, 0.29) is 0 Å². The number of anilines is 1. The second kappa shape index (κ2) is 9.40. The summed E-state index contributed by atoms with van der Waals surface area (Å²) in [5.74, 6) is 1.82. The van der Waals surface area contributed by atoms with Crippen molar-refractivity contribution in [1.29, 1.82) is 0 Å². The number of ether oxygens (including phenoxy) is 1. The summed E-state index contributed by atoms with van der Waals surface area (Å²) in [4.78, 5) is 16.0. The minimum Gasteiger partial charge on any atom is -0.378 e. The third-order valence-electron chi connectivity index (χ3n) is 3.41. The number of methoxy groups -OCH3 is 1. The quantitative estimate of drug-likeness (QED) is 0.854. The summed E-state index contributed by atoms with van der Waals surface area (Å²) in [7, 11) is 1.69. The van der Waals surface area contributed by atoms with Gasteiger partial charge in [0.15, 0.2) is 0 Å². The maximum absolute atomic E-state index is 5.27.